The molecule has 3 aliphatic rings. The maximum atomic E-state index is 5.35. The van der Waals surface area contributed by atoms with Gasteiger partial charge in [0.2, 0.25) is 0 Å². The molecule has 1 aromatic heterocycles. The van der Waals surface area contributed by atoms with Gasteiger partial charge < -0.3 is 14.7 Å². The van der Waals surface area contributed by atoms with E-state index in [0.717, 1.165) is 79.3 Å². The highest BCUT2D eigenvalue weighted by Crippen LogP contribution is 2.45. The van der Waals surface area contributed by atoms with Crippen molar-refractivity contribution in [3.05, 3.63) is 187 Å². The summed E-state index contributed by atoms with van der Waals surface area (Å²) in [6.45, 7) is 27.0. The Balaban J connectivity index is 1.05. The molecule has 0 fully saturated rings. The van der Waals surface area contributed by atoms with Crippen LogP contribution in [0.2, 0.25) is 0 Å². The predicted octanol–water partition coefficient (Wildman–Crippen LogP) is 13.9. The molecule has 0 aliphatic carbocycles. The van der Waals surface area contributed by atoms with E-state index >= 15 is 0 Å². The number of rotatable bonds is 9. The van der Waals surface area contributed by atoms with Crippen molar-refractivity contribution in [1.82, 2.24) is 9.97 Å². The first-order valence-corrected chi connectivity index (χ1v) is 24.3. The van der Waals surface area contributed by atoms with Gasteiger partial charge in [0.05, 0.1) is 44.6 Å². The summed E-state index contributed by atoms with van der Waals surface area (Å²) in [7, 11) is 0. The van der Waals surface area contributed by atoms with E-state index in [4.69, 9.17) is 24.9 Å². The molecule has 4 heterocycles. The van der Waals surface area contributed by atoms with Crippen LogP contribution in [0.5, 0.6) is 0 Å². The molecule has 0 amide bonds. The number of hydrogen-bond donors (Lipinski definition) is 0. The van der Waals surface area contributed by atoms with E-state index in [1.54, 1.807) is 0 Å². The van der Waals surface area contributed by atoms with E-state index in [0.29, 0.717) is 5.82 Å². The summed E-state index contributed by atoms with van der Waals surface area (Å²) in [6.07, 6.45) is 0. The monoisotopic (exact) mass is 909 g/mol. The second kappa shape index (κ2) is 16.2. The summed E-state index contributed by atoms with van der Waals surface area (Å²) in [4.78, 5) is 33.8. The van der Waals surface area contributed by atoms with Crippen molar-refractivity contribution >= 4 is 34.6 Å². The average molecular weight is 909 g/mol. The van der Waals surface area contributed by atoms with Crippen molar-refractivity contribution < 1.29 is 0 Å². The Labute approximate surface area is 409 Å². The molecular formula is C61H64N8. The van der Waals surface area contributed by atoms with E-state index in [1.165, 1.54) is 0 Å². The zero-order valence-corrected chi connectivity index (χ0v) is 42.2. The smallest absolute Gasteiger partial charge is 0.160 e. The van der Waals surface area contributed by atoms with Crippen molar-refractivity contribution in [2.24, 2.45) is 15.0 Å². The lowest BCUT2D eigenvalue weighted by Crippen LogP contribution is -2.53. The molecular weight excluding hydrogens is 845 g/mol. The van der Waals surface area contributed by atoms with Gasteiger partial charge in [0, 0.05) is 50.4 Å². The van der Waals surface area contributed by atoms with E-state index in [-0.39, 0.29) is 33.2 Å². The van der Waals surface area contributed by atoms with Crippen molar-refractivity contribution in [2.45, 2.75) is 116 Å². The van der Waals surface area contributed by atoms with Gasteiger partial charge in [-0.05, 0) is 126 Å². The molecule has 6 aromatic carbocycles. The maximum Gasteiger partial charge on any atom is 0.160 e. The third-order valence-corrected chi connectivity index (χ3v) is 16.0. The molecule has 0 bridgehead atoms. The Kier molecular flexibility index (Phi) is 10.7. The lowest BCUT2D eigenvalue weighted by Gasteiger charge is -2.41. The Hall–Kier alpha value is -7.19. The molecule has 10 rings (SSSR count). The molecule has 0 atom stereocenters. The summed E-state index contributed by atoms with van der Waals surface area (Å²) >= 11 is 0. The number of nitrogens with zero attached hydrogens (tertiary/aromatic N) is 8. The minimum Gasteiger partial charge on any atom is -0.318 e. The second-order valence-electron chi connectivity index (χ2n) is 21.9. The van der Waals surface area contributed by atoms with Crippen molar-refractivity contribution in [2.75, 3.05) is 14.7 Å². The normalized spacial score (nSPS) is 19.3. The van der Waals surface area contributed by atoms with Crippen molar-refractivity contribution in [1.29, 1.82) is 0 Å². The standard InChI is InChI=1S/C61H64N8/c1-56(2)59(7,8)67(47-22-16-13-17-23-47)53(64-56)44-34-28-41(29-35-44)50-40-51(42-30-36-45(37-31-42)54-65-57(3,4)60(9,10)68(54)48-24-18-14-19-25-48)63-52(62-50)43-32-38-46(39-33-43)55-66-58(5,6)61(11,12)69(55)49-26-20-15-21-27-49/h13-40H,1-12H3. The highest BCUT2D eigenvalue weighted by atomic mass is 15.4. The zero-order chi connectivity index (χ0) is 48.7. The molecule has 8 nitrogen and oxygen atoms in total. The number of amidine groups is 3. The fourth-order valence-corrected chi connectivity index (χ4v) is 9.84. The largest absolute Gasteiger partial charge is 0.318 e. The minimum absolute atomic E-state index is 0.253. The molecule has 3 aliphatic heterocycles. The summed E-state index contributed by atoms with van der Waals surface area (Å²) in [5, 5.41) is 0. The molecule has 0 saturated heterocycles. The van der Waals surface area contributed by atoms with Gasteiger partial charge in [-0.3, -0.25) is 15.0 Å². The Morgan fingerprint density at radius 2 is 0.536 bits per heavy atom. The number of anilines is 3. The first-order valence-electron chi connectivity index (χ1n) is 24.3. The van der Waals surface area contributed by atoms with Gasteiger partial charge in [-0.25, -0.2) is 9.97 Å². The van der Waals surface area contributed by atoms with Gasteiger partial charge in [-0.2, -0.15) is 0 Å². The fraction of sp³-hybridized carbons (Fsp3) is 0.295. The lowest BCUT2D eigenvalue weighted by atomic mass is 9.83. The number of benzene rings is 6. The highest BCUT2D eigenvalue weighted by Gasteiger charge is 2.52. The Morgan fingerprint density at radius 3 is 0.812 bits per heavy atom. The number of para-hydroxylation sites is 3. The van der Waals surface area contributed by atoms with Crippen molar-refractivity contribution in [3.8, 4) is 33.9 Å². The van der Waals surface area contributed by atoms with E-state index in [2.05, 4.69) is 268 Å². The Bertz CT molecular complexity index is 2770. The lowest BCUT2D eigenvalue weighted by molar-refractivity contribution is 0.338. The van der Waals surface area contributed by atoms with Crippen LogP contribution in [0.3, 0.4) is 0 Å². The van der Waals surface area contributed by atoms with Crippen LogP contribution in [0.4, 0.5) is 17.1 Å². The van der Waals surface area contributed by atoms with Crippen LogP contribution >= 0.6 is 0 Å². The minimum atomic E-state index is -0.318. The summed E-state index contributed by atoms with van der Waals surface area (Å²) < 4.78 is 0. The van der Waals surface area contributed by atoms with Crippen LogP contribution in [0.15, 0.2) is 185 Å². The van der Waals surface area contributed by atoms with Gasteiger partial charge in [-0.1, -0.05) is 127 Å². The number of aromatic nitrogens is 2. The molecule has 0 N–H and O–H groups in total. The van der Waals surface area contributed by atoms with E-state index < -0.39 is 0 Å². The number of aliphatic imine (C=N–C) groups is 3. The van der Waals surface area contributed by atoms with Crippen LogP contribution in [0.1, 0.15) is 99.8 Å². The van der Waals surface area contributed by atoms with E-state index in [1.807, 2.05) is 0 Å². The van der Waals surface area contributed by atoms with Crippen LogP contribution < -0.4 is 14.7 Å². The van der Waals surface area contributed by atoms with Crippen LogP contribution in [0.25, 0.3) is 33.9 Å². The van der Waals surface area contributed by atoms with Gasteiger partial charge in [0.15, 0.2) is 5.82 Å². The fourth-order valence-electron chi connectivity index (χ4n) is 9.84. The molecule has 7 aromatic rings. The predicted molar refractivity (Wildman–Crippen MR) is 289 cm³/mol. The van der Waals surface area contributed by atoms with Crippen LogP contribution in [-0.2, 0) is 0 Å². The number of hydrogen-bond acceptors (Lipinski definition) is 8. The molecule has 0 saturated carbocycles. The quantitative estimate of drug-likeness (QED) is 0.144. The molecule has 0 radical (unpaired) electrons. The van der Waals surface area contributed by atoms with Crippen LogP contribution in [-0.4, -0.2) is 60.7 Å². The topological polar surface area (TPSA) is 72.6 Å². The van der Waals surface area contributed by atoms with Crippen molar-refractivity contribution in [3.63, 3.8) is 0 Å². The summed E-state index contributed by atoms with van der Waals surface area (Å²) in [5.74, 6) is 3.52. The third-order valence-electron chi connectivity index (χ3n) is 16.0. The zero-order valence-electron chi connectivity index (χ0n) is 42.2. The first-order chi connectivity index (χ1) is 32.7. The van der Waals surface area contributed by atoms with Crippen LogP contribution in [0, 0.1) is 0 Å². The molecule has 0 unspecified atom stereocenters. The summed E-state index contributed by atoms with van der Waals surface area (Å²) in [5.41, 5.74) is 9.38. The molecule has 348 valence electrons. The molecule has 0 spiro atoms. The van der Waals surface area contributed by atoms with Gasteiger partial charge in [0.25, 0.3) is 0 Å². The summed E-state index contributed by atoms with van der Waals surface area (Å²) in [6, 6.07) is 59.8. The SMILES string of the molecule is CC1(C)N=C(c2ccc(-c3cc(-c4ccc(C5=NC(C)(C)C(C)(C)N5c5ccccc5)cc4)nc(-c4ccc(C5=NC(C)(C)C(C)(C)N5c5ccccc5)cc4)n3)cc2)N(c2ccccc2)C1(C)C. The Morgan fingerprint density at radius 1 is 0.290 bits per heavy atom. The molecule has 8 heteroatoms. The molecule has 69 heavy (non-hydrogen) atoms. The maximum absolute atomic E-state index is 5.35. The average Bonchev–Trinajstić information content (AvgIpc) is 3.76. The third kappa shape index (κ3) is 7.56. The van der Waals surface area contributed by atoms with Gasteiger partial charge in [-0.15, -0.1) is 0 Å². The highest BCUT2D eigenvalue weighted by molar-refractivity contribution is 6.15. The van der Waals surface area contributed by atoms with Gasteiger partial charge >= 0.3 is 0 Å². The van der Waals surface area contributed by atoms with Gasteiger partial charge in [0.1, 0.15) is 17.5 Å². The first kappa shape index (κ1) is 45.6. The van der Waals surface area contributed by atoms with E-state index in [9.17, 15) is 0 Å². The second-order valence-corrected chi connectivity index (χ2v) is 21.9.